The fraction of sp³-hybridized carbons (Fsp3) is 0.500. The molecule has 0 saturated heterocycles. The Kier molecular flexibility index (Phi) is 3.03. The second-order valence-electron chi connectivity index (χ2n) is 1.87. The average molecular weight is 236 g/mol. The van der Waals surface area contributed by atoms with Gasteiger partial charge in [-0.3, -0.25) is 0 Å². The number of halogens is 1. The Morgan fingerprint density at radius 2 is 2.56 bits per heavy atom. The molecule has 0 fully saturated rings. The molecular weight excluding hydrogens is 227 g/mol. The highest BCUT2D eigenvalue weighted by atomic mass is 127. The van der Waals surface area contributed by atoms with Crippen LogP contribution in [-0.2, 0) is 6.42 Å². The molecule has 0 aromatic carbocycles. The Morgan fingerprint density at radius 3 is 3.11 bits per heavy atom. The SMILES string of the molecule is ICCCc1cnc[nH]1. The van der Waals surface area contributed by atoms with Crippen molar-refractivity contribution in [2.75, 3.05) is 4.43 Å². The summed E-state index contributed by atoms with van der Waals surface area (Å²) in [5.41, 5.74) is 1.24. The molecule has 1 aromatic heterocycles. The minimum Gasteiger partial charge on any atom is -0.348 e. The van der Waals surface area contributed by atoms with Crippen LogP contribution in [0, 0.1) is 0 Å². The highest BCUT2D eigenvalue weighted by molar-refractivity contribution is 14.1. The molecule has 0 aliphatic rings. The number of rotatable bonds is 3. The van der Waals surface area contributed by atoms with Crippen molar-refractivity contribution in [3.63, 3.8) is 0 Å². The predicted octanol–water partition coefficient (Wildman–Crippen LogP) is 1.78. The molecule has 9 heavy (non-hydrogen) atoms. The van der Waals surface area contributed by atoms with Gasteiger partial charge >= 0.3 is 0 Å². The van der Waals surface area contributed by atoms with Crippen LogP contribution in [0.15, 0.2) is 12.5 Å². The van der Waals surface area contributed by atoms with Crippen molar-refractivity contribution < 1.29 is 0 Å². The average Bonchev–Trinajstić information content (AvgIpc) is 2.34. The van der Waals surface area contributed by atoms with Gasteiger partial charge in [0.1, 0.15) is 0 Å². The summed E-state index contributed by atoms with van der Waals surface area (Å²) in [6, 6.07) is 0. The first-order valence-electron chi connectivity index (χ1n) is 2.96. The van der Waals surface area contributed by atoms with Crippen molar-refractivity contribution in [3.8, 4) is 0 Å². The number of H-pyrrole nitrogens is 1. The zero-order chi connectivity index (χ0) is 6.53. The van der Waals surface area contributed by atoms with Crippen LogP contribution in [0.5, 0.6) is 0 Å². The zero-order valence-electron chi connectivity index (χ0n) is 5.10. The van der Waals surface area contributed by atoms with E-state index in [-0.39, 0.29) is 0 Å². The standard InChI is InChI=1S/C6H9IN2/c7-3-1-2-6-4-8-5-9-6/h4-5H,1-3H2,(H,8,9). The van der Waals surface area contributed by atoms with Gasteiger partial charge in [-0.15, -0.1) is 0 Å². The molecule has 0 radical (unpaired) electrons. The Morgan fingerprint density at radius 1 is 1.67 bits per heavy atom. The lowest BCUT2D eigenvalue weighted by Crippen LogP contribution is -1.84. The quantitative estimate of drug-likeness (QED) is 0.628. The fourth-order valence-corrected chi connectivity index (χ4v) is 1.06. The van der Waals surface area contributed by atoms with Crippen molar-refractivity contribution in [1.82, 2.24) is 9.97 Å². The van der Waals surface area contributed by atoms with E-state index in [9.17, 15) is 0 Å². The van der Waals surface area contributed by atoms with Crippen LogP contribution in [0.25, 0.3) is 0 Å². The lowest BCUT2D eigenvalue weighted by Gasteiger charge is -1.89. The smallest absolute Gasteiger partial charge is 0.0921 e. The first-order valence-corrected chi connectivity index (χ1v) is 4.49. The van der Waals surface area contributed by atoms with E-state index in [4.69, 9.17) is 0 Å². The molecule has 1 aromatic rings. The van der Waals surface area contributed by atoms with E-state index >= 15 is 0 Å². The third-order valence-corrected chi connectivity index (χ3v) is 1.90. The monoisotopic (exact) mass is 236 g/mol. The molecule has 1 rings (SSSR count). The van der Waals surface area contributed by atoms with E-state index in [1.54, 1.807) is 6.33 Å². The maximum absolute atomic E-state index is 3.92. The fourth-order valence-electron chi connectivity index (χ4n) is 0.679. The number of aryl methyl sites for hydroxylation is 1. The van der Waals surface area contributed by atoms with Crippen LogP contribution >= 0.6 is 22.6 Å². The number of hydrogen-bond donors (Lipinski definition) is 1. The minimum absolute atomic E-state index is 1.13. The van der Waals surface area contributed by atoms with E-state index in [0.717, 1.165) is 6.42 Å². The zero-order valence-corrected chi connectivity index (χ0v) is 7.26. The van der Waals surface area contributed by atoms with Crippen molar-refractivity contribution in [2.24, 2.45) is 0 Å². The molecule has 1 heterocycles. The number of aromatic nitrogens is 2. The predicted molar refractivity (Wildman–Crippen MR) is 45.8 cm³/mol. The number of nitrogens with zero attached hydrogens (tertiary/aromatic N) is 1. The van der Waals surface area contributed by atoms with Crippen LogP contribution in [0.3, 0.4) is 0 Å². The van der Waals surface area contributed by atoms with Gasteiger partial charge in [-0.1, -0.05) is 22.6 Å². The third-order valence-electron chi connectivity index (χ3n) is 1.13. The van der Waals surface area contributed by atoms with Gasteiger partial charge in [-0.25, -0.2) is 4.98 Å². The molecule has 0 unspecified atom stereocenters. The topological polar surface area (TPSA) is 28.7 Å². The largest absolute Gasteiger partial charge is 0.348 e. The van der Waals surface area contributed by atoms with E-state index in [0.29, 0.717) is 0 Å². The van der Waals surface area contributed by atoms with Crippen molar-refractivity contribution in [2.45, 2.75) is 12.8 Å². The van der Waals surface area contributed by atoms with Gasteiger partial charge in [0.25, 0.3) is 0 Å². The van der Waals surface area contributed by atoms with Crippen LogP contribution in [0.2, 0.25) is 0 Å². The van der Waals surface area contributed by atoms with Gasteiger partial charge in [0.15, 0.2) is 0 Å². The summed E-state index contributed by atoms with van der Waals surface area (Å²) < 4.78 is 1.22. The highest BCUT2D eigenvalue weighted by Crippen LogP contribution is 1.98. The van der Waals surface area contributed by atoms with Crippen molar-refractivity contribution in [1.29, 1.82) is 0 Å². The Hall–Kier alpha value is -0.0600. The van der Waals surface area contributed by atoms with Gasteiger partial charge in [-0.05, 0) is 17.3 Å². The molecule has 0 spiro atoms. The molecule has 0 amide bonds. The second kappa shape index (κ2) is 3.87. The highest BCUT2D eigenvalue weighted by Gasteiger charge is 1.90. The van der Waals surface area contributed by atoms with Gasteiger partial charge in [-0.2, -0.15) is 0 Å². The van der Waals surface area contributed by atoms with Crippen LogP contribution in [0.1, 0.15) is 12.1 Å². The molecular formula is C6H9IN2. The molecule has 50 valence electrons. The molecule has 0 bridgehead atoms. The summed E-state index contributed by atoms with van der Waals surface area (Å²) in [6.07, 6.45) is 5.97. The summed E-state index contributed by atoms with van der Waals surface area (Å²) in [6.45, 7) is 0. The summed E-state index contributed by atoms with van der Waals surface area (Å²) in [7, 11) is 0. The normalized spacial score (nSPS) is 9.89. The third kappa shape index (κ3) is 2.34. The molecule has 3 heteroatoms. The number of imidazole rings is 1. The Labute approximate surface area is 68.2 Å². The number of hydrogen-bond acceptors (Lipinski definition) is 1. The number of aromatic amines is 1. The van der Waals surface area contributed by atoms with Crippen LogP contribution < -0.4 is 0 Å². The Bertz CT molecular complexity index is 148. The van der Waals surface area contributed by atoms with E-state index in [1.165, 1.54) is 16.5 Å². The number of alkyl halides is 1. The summed E-state index contributed by atoms with van der Waals surface area (Å²) in [5, 5.41) is 0. The molecule has 0 aliphatic heterocycles. The molecule has 0 saturated carbocycles. The van der Waals surface area contributed by atoms with Crippen LogP contribution in [0.4, 0.5) is 0 Å². The first-order chi connectivity index (χ1) is 4.43. The minimum atomic E-state index is 1.13. The van der Waals surface area contributed by atoms with Gasteiger partial charge in [0, 0.05) is 11.9 Å². The number of nitrogens with one attached hydrogen (secondary N) is 1. The van der Waals surface area contributed by atoms with E-state index < -0.39 is 0 Å². The van der Waals surface area contributed by atoms with Gasteiger partial charge in [0.2, 0.25) is 0 Å². The van der Waals surface area contributed by atoms with Crippen LogP contribution in [-0.4, -0.2) is 14.4 Å². The van der Waals surface area contributed by atoms with Gasteiger partial charge in [0.05, 0.1) is 6.33 Å². The summed E-state index contributed by atoms with van der Waals surface area (Å²) in [4.78, 5) is 6.97. The Balaban J connectivity index is 2.30. The first kappa shape index (κ1) is 7.05. The summed E-state index contributed by atoms with van der Waals surface area (Å²) in [5.74, 6) is 0. The molecule has 0 atom stereocenters. The second-order valence-corrected chi connectivity index (χ2v) is 2.95. The maximum Gasteiger partial charge on any atom is 0.0921 e. The van der Waals surface area contributed by atoms with E-state index in [1.807, 2.05) is 6.20 Å². The lowest BCUT2D eigenvalue weighted by atomic mass is 10.3. The maximum atomic E-state index is 3.92. The summed E-state index contributed by atoms with van der Waals surface area (Å²) >= 11 is 2.38. The molecule has 1 N–H and O–H groups in total. The van der Waals surface area contributed by atoms with Gasteiger partial charge < -0.3 is 4.98 Å². The molecule has 0 aliphatic carbocycles. The van der Waals surface area contributed by atoms with Crippen molar-refractivity contribution >= 4 is 22.6 Å². The van der Waals surface area contributed by atoms with E-state index in [2.05, 4.69) is 32.6 Å². The molecule has 2 nitrogen and oxygen atoms in total. The lowest BCUT2D eigenvalue weighted by molar-refractivity contribution is 0.912. The van der Waals surface area contributed by atoms with Crippen molar-refractivity contribution in [3.05, 3.63) is 18.2 Å².